The molecule has 0 fully saturated rings. The van der Waals surface area contributed by atoms with E-state index >= 15 is 0 Å². The number of aliphatic carboxylic acids is 1. The summed E-state index contributed by atoms with van der Waals surface area (Å²) in [5.41, 5.74) is 2.80. The predicted octanol–water partition coefficient (Wildman–Crippen LogP) is 3.09. The van der Waals surface area contributed by atoms with E-state index in [1.165, 1.54) is 10.1 Å². The highest BCUT2D eigenvalue weighted by atomic mass is 32.1. The largest absolute Gasteiger partial charge is 0.480 e. The van der Waals surface area contributed by atoms with E-state index in [2.05, 4.69) is 13.8 Å². The summed E-state index contributed by atoms with van der Waals surface area (Å²) in [5.74, 6) is -0.571. The Kier molecular flexibility index (Phi) is 4.09. The quantitative estimate of drug-likeness (QED) is 0.941. The Morgan fingerprint density at radius 1 is 1.30 bits per heavy atom. The second kappa shape index (κ2) is 5.63. The summed E-state index contributed by atoms with van der Waals surface area (Å²) >= 11 is 1.09. The molecule has 1 aromatic heterocycles. The van der Waals surface area contributed by atoms with Gasteiger partial charge in [-0.3, -0.25) is 14.2 Å². The molecule has 1 N–H and O–H groups in total. The molecule has 0 aliphatic carbocycles. The number of rotatable bonds is 4. The summed E-state index contributed by atoms with van der Waals surface area (Å²) in [7, 11) is 0. The van der Waals surface area contributed by atoms with Gasteiger partial charge in [-0.2, -0.15) is 0 Å². The third-order valence-corrected chi connectivity index (χ3v) is 4.10. The number of thiazole rings is 1. The smallest absolute Gasteiger partial charge is 0.323 e. The van der Waals surface area contributed by atoms with Crippen LogP contribution in [0.3, 0.4) is 0 Å². The summed E-state index contributed by atoms with van der Waals surface area (Å²) < 4.78 is 1.33. The van der Waals surface area contributed by atoms with Crippen LogP contribution in [0.25, 0.3) is 11.3 Å². The average molecular weight is 291 g/mol. The van der Waals surface area contributed by atoms with Crippen LogP contribution in [0.1, 0.15) is 30.2 Å². The maximum Gasteiger partial charge on any atom is 0.323 e. The molecule has 0 aliphatic heterocycles. The van der Waals surface area contributed by atoms with Crippen molar-refractivity contribution in [3.63, 3.8) is 0 Å². The van der Waals surface area contributed by atoms with Gasteiger partial charge in [-0.05, 0) is 24.0 Å². The highest BCUT2D eigenvalue weighted by molar-refractivity contribution is 7.09. The van der Waals surface area contributed by atoms with Gasteiger partial charge in [-0.25, -0.2) is 0 Å². The van der Waals surface area contributed by atoms with Crippen molar-refractivity contribution < 1.29 is 9.90 Å². The number of carboxylic acid groups (broad SMARTS) is 1. The maximum absolute atomic E-state index is 11.9. The normalized spacial score (nSPS) is 11.0. The van der Waals surface area contributed by atoms with Gasteiger partial charge in [0.25, 0.3) is 0 Å². The van der Waals surface area contributed by atoms with Gasteiger partial charge in [0.05, 0.1) is 5.69 Å². The average Bonchev–Trinajstić information content (AvgIpc) is 2.64. The molecule has 1 heterocycles. The zero-order chi connectivity index (χ0) is 14.9. The first-order valence-electron chi connectivity index (χ1n) is 6.42. The third-order valence-electron chi connectivity index (χ3n) is 3.21. The lowest BCUT2D eigenvalue weighted by Gasteiger charge is -2.09. The molecule has 0 radical (unpaired) electrons. The molecule has 2 aromatic rings. The fourth-order valence-electron chi connectivity index (χ4n) is 2.18. The number of nitrogens with zero attached hydrogens (tertiary/aromatic N) is 1. The molecule has 106 valence electrons. The van der Waals surface area contributed by atoms with E-state index in [1.807, 2.05) is 31.2 Å². The van der Waals surface area contributed by atoms with Crippen LogP contribution in [0.5, 0.6) is 0 Å². The van der Waals surface area contributed by atoms with Crippen molar-refractivity contribution in [2.75, 3.05) is 0 Å². The Labute approximate surface area is 121 Å². The topological polar surface area (TPSA) is 59.3 Å². The van der Waals surface area contributed by atoms with Gasteiger partial charge in [0.15, 0.2) is 0 Å². The first-order valence-corrected chi connectivity index (χ1v) is 7.24. The number of benzene rings is 1. The van der Waals surface area contributed by atoms with Crippen LogP contribution in [0, 0.1) is 6.92 Å². The lowest BCUT2D eigenvalue weighted by atomic mass is 10.0. The number of hydrogen-bond donors (Lipinski definition) is 1. The Hall–Kier alpha value is -1.88. The SMILES string of the molecule is Cc1sc(=O)n(CC(=O)O)c1-c1ccc(C(C)C)cc1. The Morgan fingerprint density at radius 3 is 2.40 bits per heavy atom. The molecule has 0 atom stereocenters. The molecule has 0 unspecified atom stereocenters. The van der Waals surface area contributed by atoms with Crippen LogP contribution in [-0.2, 0) is 11.3 Å². The van der Waals surface area contributed by atoms with Crippen molar-refractivity contribution in [1.29, 1.82) is 0 Å². The van der Waals surface area contributed by atoms with E-state index < -0.39 is 5.97 Å². The van der Waals surface area contributed by atoms with Crippen LogP contribution >= 0.6 is 11.3 Å². The third kappa shape index (κ3) is 2.82. The first-order chi connectivity index (χ1) is 9.40. The zero-order valence-corrected chi connectivity index (χ0v) is 12.5. The predicted molar refractivity (Wildman–Crippen MR) is 80.5 cm³/mol. The fraction of sp³-hybridized carbons (Fsp3) is 0.333. The fourth-order valence-corrected chi connectivity index (χ4v) is 3.03. The van der Waals surface area contributed by atoms with Crippen LogP contribution < -0.4 is 4.87 Å². The molecule has 0 amide bonds. The first kappa shape index (κ1) is 14.5. The van der Waals surface area contributed by atoms with Gasteiger partial charge in [-0.15, -0.1) is 0 Å². The molecule has 0 bridgehead atoms. The number of hydrogen-bond acceptors (Lipinski definition) is 3. The van der Waals surface area contributed by atoms with Gasteiger partial charge in [0.1, 0.15) is 6.54 Å². The Balaban J connectivity index is 2.51. The van der Waals surface area contributed by atoms with Crippen molar-refractivity contribution in [3.05, 3.63) is 44.4 Å². The number of aryl methyl sites for hydroxylation is 1. The zero-order valence-electron chi connectivity index (χ0n) is 11.7. The van der Waals surface area contributed by atoms with Gasteiger partial charge < -0.3 is 5.11 Å². The van der Waals surface area contributed by atoms with Crippen LogP contribution in [0.2, 0.25) is 0 Å². The molecule has 0 saturated carbocycles. The summed E-state index contributed by atoms with van der Waals surface area (Å²) in [4.78, 5) is 23.4. The van der Waals surface area contributed by atoms with Crippen molar-refractivity contribution in [2.45, 2.75) is 33.2 Å². The number of carbonyl (C=O) groups is 1. The standard InChI is InChI=1S/C15H17NO3S/c1-9(2)11-4-6-12(7-5-11)14-10(3)20-15(19)16(14)8-13(17)18/h4-7,9H,8H2,1-3H3,(H,17,18). The van der Waals surface area contributed by atoms with Gasteiger partial charge in [0, 0.05) is 4.88 Å². The molecular weight excluding hydrogens is 274 g/mol. The number of carboxylic acids is 1. The minimum absolute atomic E-state index is 0.229. The molecule has 4 nitrogen and oxygen atoms in total. The Morgan fingerprint density at radius 2 is 1.90 bits per heavy atom. The van der Waals surface area contributed by atoms with E-state index in [9.17, 15) is 9.59 Å². The maximum atomic E-state index is 11.9. The molecule has 5 heteroatoms. The van der Waals surface area contributed by atoms with E-state index in [-0.39, 0.29) is 11.4 Å². The minimum Gasteiger partial charge on any atom is -0.480 e. The van der Waals surface area contributed by atoms with E-state index in [0.717, 1.165) is 21.8 Å². The molecule has 2 rings (SSSR count). The van der Waals surface area contributed by atoms with Crippen LogP contribution in [-0.4, -0.2) is 15.6 Å². The lowest BCUT2D eigenvalue weighted by Crippen LogP contribution is -2.19. The summed E-state index contributed by atoms with van der Waals surface area (Å²) in [5, 5.41) is 8.93. The molecule has 0 aliphatic rings. The summed E-state index contributed by atoms with van der Waals surface area (Å²) in [6.07, 6.45) is 0. The van der Waals surface area contributed by atoms with Crippen LogP contribution in [0.15, 0.2) is 29.1 Å². The van der Waals surface area contributed by atoms with Crippen molar-refractivity contribution >= 4 is 17.3 Å². The van der Waals surface area contributed by atoms with E-state index in [0.29, 0.717) is 11.6 Å². The minimum atomic E-state index is -1.01. The molecule has 0 spiro atoms. The lowest BCUT2D eigenvalue weighted by molar-refractivity contribution is -0.137. The Bertz CT molecular complexity index is 680. The van der Waals surface area contributed by atoms with E-state index in [1.54, 1.807) is 0 Å². The molecule has 20 heavy (non-hydrogen) atoms. The summed E-state index contributed by atoms with van der Waals surface area (Å²) in [6, 6.07) is 7.93. The molecular formula is C15H17NO3S. The van der Waals surface area contributed by atoms with Crippen LogP contribution in [0.4, 0.5) is 0 Å². The summed E-state index contributed by atoms with van der Waals surface area (Å²) in [6.45, 7) is 5.77. The molecule has 1 aromatic carbocycles. The highest BCUT2D eigenvalue weighted by Crippen LogP contribution is 2.26. The molecule has 0 saturated heterocycles. The highest BCUT2D eigenvalue weighted by Gasteiger charge is 2.15. The van der Waals surface area contributed by atoms with Crippen molar-refractivity contribution in [1.82, 2.24) is 4.57 Å². The monoisotopic (exact) mass is 291 g/mol. The second-order valence-electron chi connectivity index (χ2n) is 5.03. The second-order valence-corrected chi connectivity index (χ2v) is 6.20. The van der Waals surface area contributed by atoms with Gasteiger partial charge in [-0.1, -0.05) is 49.4 Å². The van der Waals surface area contributed by atoms with E-state index in [4.69, 9.17) is 5.11 Å². The number of aromatic nitrogens is 1. The van der Waals surface area contributed by atoms with Crippen molar-refractivity contribution in [3.8, 4) is 11.3 Å². The van der Waals surface area contributed by atoms with Gasteiger partial charge in [0.2, 0.25) is 0 Å². The van der Waals surface area contributed by atoms with Gasteiger partial charge >= 0.3 is 10.8 Å². The van der Waals surface area contributed by atoms with Crippen molar-refractivity contribution in [2.24, 2.45) is 0 Å².